The summed E-state index contributed by atoms with van der Waals surface area (Å²) in [6.45, 7) is 2.15. The van der Waals surface area contributed by atoms with Crippen LogP contribution in [0.2, 0.25) is 5.02 Å². The van der Waals surface area contributed by atoms with Crippen molar-refractivity contribution in [2.24, 2.45) is 0 Å². The molecular formula is C19H19ClF3N7O. The zero-order valence-electron chi connectivity index (χ0n) is 16.6. The summed E-state index contributed by atoms with van der Waals surface area (Å²) in [5, 5.41) is 18.2. The molecule has 3 rings (SSSR count). The number of anilines is 1. The Bertz CT molecular complexity index is 1030. The van der Waals surface area contributed by atoms with Crippen LogP contribution < -0.4 is 5.32 Å². The summed E-state index contributed by atoms with van der Waals surface area (Å²) >= 11 is 6.10. The van der Waals surface area contributed by atoms with Gasteiger partial charge in [0.1, 0.15) is 5.82 Å². The van der Waals surface area contributed by atoms with Crippen LogP contribution in [0.15, 0.2) is 42.7 Å². The average Bonchev–Trinajstić information content (AvgIpc) is 3.27. The summed E-state index contributed by atoms with van der Waals surface area (Å²) in [6, 6.07) is 6.60. The molecule has 0 bridgehead atoms. The second-order valence-electron chi connectivity index (χ2n) is 6.64. The van der Waals surface area contributed by atoms with Crippen molar-refractivity contribution in [2.75, 3.05) is 18.9 Å². The number of amides is 1. The molecular weight excluding hydrogens is 435 g/mol. The van der Waals surface area contributed by atoms with E-state index < -0.39 is 11.9 Å². The van der Waals surface area contributed by atoms with Crippen molar-refractivity contribution in [1.82, 2.24) is 30.1 Å². The van der Waals surface area contributed by atoms with Crippen molar-refractivity contribution in [2.45, 2.75) is 25.6 Å². The zero-order chi connectivity index (χ0) is 22.6. The standard InChI is InChI=1S/C19H19ClF3N7O/c1-3-13(11-24-17-7-6-16(27-28-17)19(21,22)23)29(2)18(31)14-10-12(20)4-5-15(14)30-25-8-9-26-30/h4-10,13H,3,11H2,1-2H3,(H,24,28). The summed E-state index contributed by atoms with van der Waals surface area (Å²) in [4.78, 5) is 16.1. The molecule has 0 fully saturated rings. The van der Waals surface area contributed by atoms with Crippen molar-refractivity contribution in [1.29, 1.82) is 0 Å². The fourth-order valence-electron chi connectivity index (χ4n) is 2.91. The van der Waals surface area contributed by atoms with E-state index in [4.69, 9.17) is 11.6 Å². The van der Waals surface area contributed by atoms with E-state index in [-0.39, 0.29) is 24.3 Å². The summed E-state index contributed by atoms with van der Waals surface area (Å²) in [6.07, 6.45) is -0.978. The molecule has 1 N–H and O–H groups in total. The van der Waals surface area contributed by atoms with Crippen molar-refractivity contribution in [3.8, 4) is 5.69 Å². The second kappa shape index (κ2) is 9.29. The van der Waals surface area contributed by atoms with Crippen LogP contribution >= 0.6 is 11.6 Å². The summed E-state index contributed by atoms with van der Waals surface area (Å²) in [5.41, 5.74) is -0.278. The lowest BCUT2D eigenvalue weighted by Gasteiger charge is -2.28. The molecule has 1 amide bonds. The van der Waals surface area contributed by atoms with Gasteiger partial charge in [-0.3, -0.25) is 4.79 Å². The third-order valence-corrected chi connectivity index (χ3v) is 4.87. The van der Waals surface area contributed by atoms with Crippen LogP contribution in [0.3, 0.4) is 0 Å². The highest BCUT2D eigenvalue weighted by molar-refractivity contribution is 6.31. The topological polar surface area (TPSA) is 88.8 Å². The predicted octanol–water partition coefficient (Wildman–Crippen LogP) is 3.69. The van der Waals surface area contributed by atoms with E-state index in [0.717, 1.165) is 6.07 Å². The van der Waals surface area contributed by atoms with Crippen molar-refractivity contribution in [3.63, 3.8) is 0 Å². The maximum absolute atomic E-state index is 13.2. The molecule has 31 heavy (non-hydrogen) atoms. The van der Waals surface area contributed by atoms with Crippen LogP contribution in [0.25, 0.3) is 5.69 Å². The molecule has 0 radical (unpaired) electrons. The Morgan fingerprint density at radius 2 is 1.90 bits per heavy atom. The highest BCUT2D eigenvalue weighted by atomic mass is 35.5. The molecule has 164 valence electrons. The monoisotopic (exact) mass is 453 g/mol. The molecule has 8 nitrogen and oxygen atoms in total. The molecule has 0 spiro atoms. The van der Waals surface area contributed by atoms with Crippen LogP contribution in [-0.4, -0.2) is 55.6 Å². The lowest BCUT2D eigenvalue weighted by atomic mass is 10.1. The molecule has 12 heteroatoms. The van der Waals surface area contributed by atoms with Gasteiger partial charge in [-0.1, -0.05) is 18.5 Å². The molecule has 1 aromatic carbocycles. The summed E-state index contributed by atoms with van der Waals surface area (Å²) < 4.78 is 37.9. The van der Waals surface area contributed by atoms with Gasteiger partial charge in [0.15, 0.2) is 5.69 Å². The average molecular weight is 454 g/mol. The maximum Gasteiger partial charge on any atom is 0.435 e. The normalized spacial score (nSPS) is 12.5. The van der Waals surface area contributed by atoms with E-state index in [1.807, 2.05) is 6.92 Å². The van der Waals surface area contributed by atoms with E-state index in [9.17, 15) is 18.0 Å². The van der Waals surface area contributed by atoms with Gasteiger partial charge in [0.2, 0.25) is 0 Å². The first-order chi connectivity index (χ1) is 14.7. The lowest BCUT2D eigenvalue weighted by molar-refractivity contribution is -0.141. The van der Waals surface area contributed by atoms with E-state index in [1.54, 1.807) is 25.2 Å². The molecule has 0 aliphatic rings. The third kappa shape index (κ3) is 5.29. The van der Waals surface area contributed by atoms with Crippen LogP contribution in [0.4, 0.5) is 19.0 Å². The molecule has 0 saturated carbocycles. The Hall–Kier alpha value is -3.21. The Balaban J connectivity index is 1.74. The number of hydrogen-bond donors (Lipinski definition) is 1. The van der Waals surface area contributed by atoms with Crippen LogP contribution in [0.5, 0.6) is 0 Å². The Kier molecular flexibility index (Phi) is 6.74. The first-order valence-electron chi connectivity index (χ1n) is 9.29. The number of rotatable bonds is 7. The second-order valence-corrected chi connectivity index (χ2v) is 7.08. The molecule has 0 saturated heterocycles. The number of nitrogens with one attached hydrogen (secondary N) is 1. The number of likely N-dealkylation sites (N-methyl/N-ethyl adjacent to an activating group) is 1. The van der Waals surface area contributed by atoms with E-state index in [0.29, 0.717) is 22.7 Å². The first kappa shape index (κ1) is 22.5. The van der Waals surface area contributed by atoms with Gasteiger partial charge in [0, 0.05) is 24.7 Å². The smallest absolute Gasteiger partial charge is 0.367 e. The number of hydrogen-bond acceptors (Lipinski definition) is 6. The Morgan fingerprint density at radius 3 is 2.48 bits per heavy atom. The van der Waals surface area contributed by atoms with E-state index in [1.165, 1.54) is 28.2 Å². The predicted molar refractivity (Wildman–Crippen MR) is 108 cm³/mol. The molecule has 2 heterocycles. The molecule has 1 atom stereocenters. The number of nitrogens with zero attached hydrogens (tertiary/aromatic N) is 6. The zero-order valence-corrected chi connectivity index (χ0v) is 17.4. The minimum atomic E-state index is -4.55. The van der Waals surface area contributed by atoms with Crippen molar-refractivity contribution >= 4 is 23.3 Å². The van der Waals surface area contributed by atoms with Crippen LogP contribution in [0.1, 0.15) is 29.4 Å². The van der Waals surface area contributed by atoms with Gasteiger partial charge in [-0.2, -0.15) is 28.2 Å². The number of benzene rings is 1. The van der Waals surface area contributed by atoms with Crippen molar-refractivity contribution in [3.05, 3.63) is 59.0 Å². The number of carbonyl (C=O) groups is 1. The lowest BCUT2D eigenvalue weighted by Crippen LogP contribution is -2.41. The van der Waals surface area contributed by atoms with Gasteiger partial charge >= 0.3 is 6.18 Å². The third-order valence-electron chi connectivity index (χ3n) is 4.64. The van der Waals surface area contributed by atoms with Gasteiger partial charge in [-0.05, 0) is 36.8 Å². The molecule has 0 aliphatic heterocycles. The fraction of sp³-hybridized carbons (Fsp3) is 0.316. The summed E-state index contributed by atoms with van der Waals surface area (Å²) in [7, 11) is 1.64. The van der Waals surface area contributed by atoms with Gasteiger partial charge in [-0.25, -0.2) is 0 Å². The van der Waals surface area contributed by atoms with Crippen molar-refractivity contribution < 1.29 is 18.0 Å². The Labute approximate surface area is 181 Å². The first-order valence-corrected chi connectivity index (χ1v) is 9.66. The maximum atomic E-state index is 13.2. The summed E-state index contributed by atoms with van der Waals surface area (Å²) in [5.74, 6) is -0.126. The quantitative estimate of drug-likeness (QED) is 0.587. The number of halogens is 4. The van der Waals surface area contributed by atoms with Gasteiger partial charge in [0.25, 0.3) is 5.91 Å². The highest BCUT2D eigenvalue weighted by Gasteiger charge is 2.33. The van der Waals surface area contributed by atoms with Crippen LogP contribution in [-0.2, 0) is 6.18 Å². The minimum absolute atomic E-state index is 0.177. The van der Waals surface area contributed by atoms with Gasteiger partial charge in [-0.15, -0.1) is 10.2 Å². The highest BCUT2D eigenvalue weighted by Crippen LogP contribution is 2.27. The SMILES string of the molecule is CCC(CNc1ccc(C(F)(F)F)nn1)N(C)C(=O)c1cc(Cl)ccc1-n1nccn1. The van der Waals surface area contributed by atoms with E-state index in [2.05, 4.69) is 25.7 Å². The molecule has 0 aliphatic carbocycles. The number of alkyl halides is 3. The van der Waals surface area contributed by atoms with Gasteiger partial charge in [0.05, 0.1) is 23.6 Å². The molecule has 1 unspecified atom stereocenters. The number of aromatic nitrogens is 5. The Morgan fingerprint density at radius 1 is 1.19 bits per heavy atom. The van der Waals surface area contributed by atoms with E-state index >= 15 is 0 Å². The minimum Gasteiger partial charge on any atom is -0.367 e. The number of carbonyl (C=O) groups excluding carboxylic acids is 1. The van der Waals surface area contributed by atoms with Crippen LogP contribution in [0, 0.1) is 0 Å². The largest absolute Gasteiger partial charge is 0.435 e. The molecule has 3 aromatic rings. The van der Waals surface area contributed by atoms with Gasteiger partial charge < -0.3 is 10.2 Å². The fourth-order valence-corrected chi connectivity index (χ4v) is 3.08. The molecule has 2 aromatic heterocycles.